The van der Waals surface area contributed by atoms with Crippen molar-refractivity contribution in [1.82, 2.24) is 19.6 Å². The van der Waals surface area contributed by atoms with Gasteiger partial charge in [0.05, 0.1) is 12.2 Å². The summed E-state index contributed by atoms with van der Waals surface area (Å²) in [7, 11) is 0. The highest BCUT2D eigenvalue weighted by molar-refractivity contribution is 5.99. The first-order chi connectivity index (χ1) is 9.88. The lowest BCUT2D eigenvalue weighted by atomic mass is 9.97. The van der Waals surface area contributed by atoms with Gasteiger partial charge in [-0.1, -0.05) is 6.07 Å². The van der Waals surface area contributed by atoms with Crippen LogP contribution in [0, 0.1) is 0 Å². The van der Waals surface area contributed by atoms with Crippen molar-refractivity contribution in [2.75, 3.05) is 0 Å². The highest BCUT2D eigenvalue weighted by Gasteiger charge is 2.43. The molecule has 1 aliphatic rings. The lowest BCUT2D eigenvalue weighted by Gasteiger charge is -2.41. The SMILES string of the molecule is CC1C(=O)NC(C)(C)C(=O)N1Cc1cn2ccccc2n1. The molecule has 21 heavy (non-hydrogen) atoms. The quantitative estimate of drug-likeness (QED) is 0.894. The summed E-state index contributed by atoms with van der Waals surface area (Å²) in [5, 5.41) is 2.74. The molecule has 3 heterocycles. The zero-order valence-corrected chi connectivity index (χ0v) is 12.3. The molecule has 1 atom stereocenters. The van der Waals surface area contributed by atoms with Crippen molar-refractivity contribution in [1.29, 1.82) is 0 Å². The summed E-state index contributed by atoms with van der Waals surface area (Å²) in [6, 6.07) is 5.25. The Morgan fingerprint density at radius 1 is 1.33 bits per heavy atom. The molecule has 110 valence electrons. The van der Waals surface area contributed by atoms with Gasteiger partial charge in [-0.3, -0.25) is 9.59 Å². The first-order valence-electron chi connectivity index (χ1n) is 6.94. The summed E-state index contributed by atoms with van der Waals surface area (Å²) in [4.78, 5) is 30.6. The summed E-state index contributed by atoms with van der Waals surface area (Å²) in [5.41, 5.74) is 0.725. The van der Waals surface area contributed by atoms with Crippen LogP contribution in [0.25, 0.3) is 5.65 Å². The fraction of sp³-hybridized carbons (Fsp3) is 0.400. The number of hydrogen-bond donors (Lipinski definition) is 1. The summed E-state index contributed by atoms with van der Waals surface area (Å²) in [5.74, 6) is -0.227. The van der Waals surface area contributed by atoms with Crippen LogP contribution in [0.5, 0.6) is 0 Å². The molecule has 1 unspecified atom stereocenters. The molecule has 0 bridgehead atoms. The van der Waals surface area contributed by atoms with Gasteiger partial charge in [-0.05, 0) is 32.9 Å². The summed E-state index contributed by atoms with van der Waals surface area (Å²) >= 11 is 0. The minimum absolute atomic E-state index is 0.0911. The minimum atomic E-state index is -0.872. The van der Waals surface area contributed by atoms with Gasteiger partial charge < -0.3 is 14.6 Å². The number of carbonyl (C=O) groups is 2. The molecule has 0 aromatic carbocycles. The van der Waals surface area contributed by atoms with Crippen LogP contribution in [0.2, 0.25) is 0 Å². The lowest BCUT2D eigenvalue weighted by Crippen LogP contribution is -2.66. The van der Waals surface area contributed by atoms with E-state index in [9.17, 15) is 9.59 Å². The summed E-state index contributed by atoms with van der Waals surface area (Å²) in [6.07, 6.45) is 3.79. The monoisotopic (exact) mass is 286 g/mol. The second-order valence-corrected chi connectivity index (χ2v) is 5.92. The minimum Gasteiger partial charge on any atom is -0.340 e. The van der Waals surface area contributed by atoms with Gasteiger partial charge in [0, 0.05) is 12.4 Å². The molecule has 0 spiro atoms. The third kappa shape index (κ3) is 2.26. The Morgan fingerprint density at radius 2 is 2.10 bits per heavy atom. The van der Waals surface area contributed by atoms with Crippen LogP contribution in [0.4, 0.5) is 0 Å². The second-order valence-electron chi connectivity index (χ2n) is 5.92. The van der Waals surface area contributed by atoms with Crippen LogP contribution >= 0.6 is 0 Å². The number of nitrogens with zero attached hydrogens (tertiary/aromatic N) is 3. The fourth-order valence-electron chi connectivity index (χ4n) is 2.59. The van der Waals surface area contributed by atoms with Gasteiger partial charge in [-0.25, -0.2) is 4.98 Å². The van der Waals surface area contributed by atoms with Crippen molar-refractivity contribution in [2.45, 2.75) is 38.9 Å². The van der Waals surface area contributed by atoms with Crippen molar-refractivity contribution < 1.29 is 9.59 Å². The number of imidazole rings is 1. The molecule has 2 amide bonds. The van der Waals surface area contributed by atoms with Crippen molar-refractivity contribution >= 4 is 17.5 Å². The number of carbonyl (C=O) groups excluding carboxylic acids is 2. The predicted molar refractivity (Wildman–Crippen MR) is 77.4 cm³/mol. The number of aromatic nitrogens is 2. The zero-order chi connectivity index (χ0) is 15.2. The molecule has 1 fully saturated rings. The fourth-order valence-corrected chi connectivity index (χ4v) is 2.59. The largest absolute Gasteiger partial charge is 0.340 e. The van der Waals surface area contributed by atoms with Gasteiger partial charge in [0.15, 0.2) is 0 Å². The van der Waals surface area contributed by atoms with Crippen LogP contribution < -0.4 is 5.32 Å². The first-order valence-corrected chi connectivity index (χ1v) is 6.94. The number of rotatable bonds is 2. The van der Waals surface area contributed by atoms with Crippen LogP contribution in [0.15, 0.2) is 30.6 Å². The number of hydrogen-bond acceptors (Lipinski definition) is 3. The maximum atomic E-state index is 12.5. The van der Waals surface area contributed by atoms with Gasteiger partial charge in [0.25, 0.3) is 0 Å². The summed E-state index contributed by atoms with van der Waals surface area (Å²) in [6.45, 7) is 5.50. The molecule has 0 radical (unpaired) electrons. The molecule has 2 aromatic rings. The Morgan fingerprint density at radius 3 is 2.81 bits per heavy atom. The van der Waals surface area contributed by atoms with Crippen molar-refractivity contribution in [3.63, 3.8) is 0 Å². The second kappa shape index (κ2) is 4.58. The first kappa shape index (κ1) is 13.6. The van der Waals surface area contributed by atoms with E-state index in [1.54, 1.807) is 25.7 Å². The highest BCUT2D eigenvalue weighted by atomic mass is 16.2. The molecule has 1 aliphatic heterocycles. The zero-order valence-electron chi connectivity index (χ0n) is 12.3. The Hall–Kier alpha value is -2.37. The number of piperazine rings is 1. The molecule has 1 N–H and O–H groups in total. The number of pyridine rings is 1. The van der Waals surface area contributed by atoms with Crippen LogP contribution in [-0.4, -0.2) is 37.7 Å². The van der Waals surface area contributed by atoms with Gasteiger partial charge in [0.2, 0.25) is 11.8 Å². The maximum Gasteiger partial charge on any atom is 0.248 e. The Bertz CT molecular complexity index is 686. The van der Waals surface area contributed by atoms with E-state index in [0.29, 0.717) is 6.54 Å². The number of nitrogens with one attached hydrogen (secondary N) is 1. The topological polar surface area (TPSA) is 66.7 Å². The van der Waals surface area contributed by atoms with E-state index >= 15 is 0 Å². The van der Waals surface area contributed by atoms with E-state index in [4.69, 9.17) is 0 Å². The molecule has 0 saturated carbocycles. The van der Waals surface area contributed by atoms with E-state index < -0.39 is 11.6 Å². The highest BCUT2D eigenvalue weighted by Crippen LogP contribution is 2.20. The Labute approximate surface area is 122 Å². The van der Waals surface area contributed by atoms with Gasteiger partial charge in [0.1, 0.15) is 17.2 Å². The standard InChI is InChI=1S/C15H18N4O2/c1-10-13(20)17-15(2,3)14(21)19(10)9-11-8-18-7-5-4-6-12(18)16-11/h4-8,10H,9H2,1-3H3,(H,17,20). The molecule has 0 aliphatic carbocycles. The molecule has 6 heteroatoms. The van der Waals surface area contributed by atoms with Crippen LogP contribution in [-0.2, 0) is 16.1 Å². The molecule has 1 saturated heterocycles. The van der Waals surface area contributed by atoms with Crippen molar-refractivity contribution in [2.24, 2.45) is 0 Å². The van der Waals surface area contributed by atoms with E-state index in [-0.39, 0.29) is 11.8 Å². The van der Waals surface area contributed by atoms with Gasteiger partial charge in [-0.15, -0.1) is 0 Å². The van der Waals surface area contributed by atoms with Crippen molar-refractivity contribution in [3.8, 4) is 0 Å². The smallest absolute Gasteiger partial charge is 0.248 e. The number of amides is 2. The summed E-state index contributed by atoms with van der Waals surface area (Å²) < 4.78 is 1.90. The predicted octanol–water partition coefficient (Wildman–Crippen LogP) is 0.960. The van der Waals surface area contributed by atoms with E-state index in [1.807, 2.05) is 35.0 Å². The molecule has 3 rings (SSSR count). The van der Waals surface area contributed by atoms with Gasteiger partial charge >= 0.3 is 0 Å². The molecule has 2 aromatic heterocycles. The van der Waals surface area contributed by atoms with Crippen LogP contribution in [0.3, 0.4) is 0 Å². The molecular formula is C15H18N4O2. The van der Waals surface area contributed by atoms with E-state index in [0.717, 1.165) is 11.3 Å². The third-order valence-corrected chi connectivity index (χ3v) is 3.82. The maximum absolute atomic E-state index is 12.5. The average Bonchev–Trinajstić information content (AvgIpc) is 2.83. The van der Waals surface area contributed by atoms with Crippen LogP contribution in [0.1, 0.15) is 26.5 Å². The third-order valence-electron chi connectivity index (χ3n) is 3.82. The Kier molecular flexibility index (Phi) is 2.97. The number of fused-ring (bicyclic) bond motifs is 1. The Balaban J connectivity index is 1.91. The lowest BCUT2D eigenvalue weighted by molar-refractivity contribution is -0.153. The van der Waals surface area contributed by atoms with E-state index in [2.05, 4.69) is 10.3 Å². The molecule has 6 nitrogen and oxygen atoms in total. The van der Waals surface area contributed by atoms with Crippen molar-refractivity contribution in [3.05, 3.63) is 36.3 Å². The molecular weight excluding hydrogens is 268 g/mol. The van der Waals surface area contributed by atoms with E-state index in [1.165, 1.54) is 0 Å². The normalized spacial score (nSPS) is 21.7. The van der Waals surface area contributed by atoms with Gasteiger partial charge in [-0.2, -0.15) is 0 Å². The average molecular weight is 286 g/mol.